The molecule has 1 aliphatic rings. The van der Waals surface area contributed by atoms with Crippen LogP contribution >= 0.6 is 0 Å². The second kappa shape index (κ2) is 8.08. The number of aryl methyl sites for hydroxylation is 1. The number of sulfonamides is 1. The van der Waals surface area contributed by atoms with Crippen LogP contribution in [-0.4, -0.2) is 44.3 Å². The zero-order chi connectivity index (χ0) is 21.2. The van der Waals surface area contributed by atoms with Gasteiger partial charge in [-0.1, -0.05) is 12.1 Å². The van der Waals surface area contributed by atoms with Crippen molar-refractivity contribution in [1.29, 1.82) is 0 Å². The Bertz CT molecular complexity index is 1060. The van der Waals surface area contributed by atoms with Gasteiger partial charge in [-0.05, 0) is 43.5 Å². The maximum absolute atomic E-state index is 13.0. The minimum Gasteiger partial charge on any atom is -0.497 e. The number of benzene rings is 2. The van der Waals surface area contributed by atoms with Crippen molar-refractivity contribution in [1.82, 2.24) is 4.90 Å². The van der Waals surface area contributed by atoms with Crippen LogP contribution in [0.5, 0.6) is 5.75 Å². The normalized spacial score (nSPS) is 13.9. The number of methoxy groups -OCH3 is 1. The Morgan fingerprint density at radius 1 is 1.21 bits per heavy atom. The first-order valence-electron chi connectivity index (χ1n) is 8.98. The van der Waals surface area contributed by atoms with E-state index in [-0.39, 0.29) is 22.9 Å². The van der Waals surface area contributed by atoms with Crippen molar-refractivity contribution in [3.8, 4) is 5.75 Å². The van der Waals surface area contributed by atoms with Crippen LogP contribution in [-0.2, 0) is 10.0 Å². The molecule has 29 heavy (non-hydrogen) atoms. The number of rotatable bonds is 6. The number of nitrogens with zero attached hydrogens (tertiary/aromatic N) is 2. The predicted molar refractivity (Wildman–Crippen MR) is 107 cm³/mol. The number of nitrogens with one attached hydrogen (secondary N) is 1. The molecular weight excluding hydrogens is 398 g/mol. The molecule has 1 saturated heterocycles. The van der Waals surface area contributed by atoms with E-state index in [9.17, 15) is 23.3 Å². The molecule has 3 rings (SSSR count). The second-order valence-electron chi connectivity index (χ2n) is 6.69. The van der Waals surface area contributed by atoms with Gasteiger partial charge in [-0.2, -0.15) is 0 Å². The third-order valence-electron chi connectivity index (χ3n) is 4.79. The summed E-state index contributed by atoms with van der Waals surface area (Å²) < 4.78 is 33.3. The van der Waals surface area contributed by atoms with E-state index in [1.54, 1.807) is 30.0 Å². The first-order chi connectivity index (χ1) is 13.7. The first kappa shape index (κ1) is 20.6. The molecule has 2 aromatic rings. The average Bonchev–Trinajstić information content (AvgIpc) is 3.23. The van der Waals surface area contributed by atoms with E-state index in [1.165, 1.54) is 13.2 Å². The Kier molecular flexibility index (Phi) is 5.73. The molecule has 0 radical (unpaired) electrons. The highest BCUT2D eigenvalue weighted by molar-refractivity contribution is 7.92. The van der Waals surface area contributed by atoms with Gasteiger partial charge in [-0.15, -0.1) is 0 Å². The first-order valence-corrected chi connectivity index (χ1v) is 10.5. The quantitative estimate of drug-likeness (QED) is 0.568. The smallest absolute Gasteiger partial charge is 0.293 e. The summed E-state index contributed by atoms with van der Waals surface area (Å²) in [7, 11) is -3.01. The molecular formula is C19H21N3O6S. The number of carbonyl (C=O) groups is 1. The van der Waals surface area contributed by atoms with Crippen LogP contribution in [0, 0.1) is 17.0 Å². The number of anilines is 1. The Morgan fingerprint density at radius 2 is 1.90 bits per heavy atom. The summed E-state index contributed by atoms with van der Waals surface area (Å²) in [6.07, 6.45) is 1.80. The molecule has 0 aliphatic carbocycles. The number of likely N-dealkylation sites (tertiary alicyclic amines) is 1. The molecule has 0 bridgehead atoms. The third-order valence-corrected chi connectivity index (χ3v) is 6.18. The summed E-state index contributed by atoms with van der Waals surface area (Å²) in [5, 5.41) is 11.4. The molecule has 0 spiro atoms. The highest BCUT2D eigenvalue weighted by Gasteiger charge is 2.29. The van der Waals surface area contributed by atoms with E-state index in [0.29, 0.717) is 18.7 Å². The van der Waals surface area contributed by atoms with Crippen LogP contribution in [0.2, 0.25) is 0 Å². The maximum atomic E-state index is 13.0. The van der Waals surface area contributed by atoms with E-state index >= 15 is 0 Å². The van der Waals surface area contributed by atoms with Crippen molar-refractivity contribution >= 4 is 27.3 Å². The maximum Gasteiger partial charge on any atom is 0.293 e. The van der Waals surface area contributed by atoms with Crippen molar-refractivity contribution in [2.45, 2.75) is 24.7 Å². The van der Waals surface area contributed by atoms with E-state index in [2.05, 4.69) is 4.72 Å². The molecule has 1 heterocycles. The van der Waals surface area contributed by atoms with Crippen molar-refractivity contribution in [2.75, 3.05) is 24.9 Å². The predicted octanol–water partition coefficient (Wildman–Crippen LogP) is 2.95. The molecule has 2 aromatic carbocycles. The highest BCUT2D eigenvalue weighted by Crippen LogP contribution is 2.32. The van der Waals surface area contributed by atoms with Gasteiger partial charge in [0.1, 0.15) is 5.75 Å². The molecule has 0 atom stereocenters. The number of para-hydroxylation sites is 1. The fourth-order valence-corrected chi connectivity index (χ4v) is 4.56. The van der Waals surface area contributed by atoms with Crippen molar-refractivity contribution in [2.24, 2.45) is 0 Å². The SMILES string of the molecule is COc1ccc(S(=O)(=O)Nc2c(C)cccc2C(=O)N2CCCC2)c([N+](=O)[O-])c1. The standard InChI is InChI=1S/C19H21N3O6S/c1-13-6-5-7-15(19(23)21-10-3-4-11-21)18(13)20-29(26,27)17-9-8-14(28-2)12-16(17)22(24)25/h5-9,12,20H,3-4,10-11H2,1-2H3. The average molecular weight is 419 g/mol. The van der Waals surface area contributed by atoms with Gasteiger partial charge in [-0.25, -0.2) is 8.42 Å². The fraction of sp³-hybridized carbons (Fsp3) is 0.316. The zero-order valence-electron chi connectivity index (χ0n) is 16.0. The Hall–Kier alpha value is -3.14. The molecule has 10 heteroatoms. The molecule has 154 valence electrons. The van der Waals surface area contributed by atoms with E-state index in [1.807, 2.05) is 0 Å². The van der Waals surface area contributed by atoms with E-state index in [4.69, 9.17) is 4.74 Å². The lowest BCUT2D eigenvalue weighted by Crippen LogP contribution is -2.29. The number of nitro groups is 1. The number of ether oxygens (including phenoxy) is 1. The number of hydrogen-bond acceptors (Lipinski definition) is 6. The van der Waals surface area contributed by atoms with Crippen LogP contribution in [0.3, 0.4) is 0 Å². The van der Waals surface area contributed by atoms with Gasteiger partial charge in [0.2, 0.25) is 0 Å². The summed E-state index contributed by atoms with van der Waals surface area (Å²) in [5.74, 6) is -0.107. The number of amides is 1. The van der Waals surface area contributed by atoms with Gasteiger partial charge in [0.15, 0.2) is 4.90 Å². The van der Waals surface area contributed by atoms with Gasteiger partial charge in [0.05, 0.1) is 29.4 Å². The molecule has 9 nitrogen and oxygen atoms in total. The summed E-state index contributed by atoms with van der Waals surface area (Å²) >= 11 is 0. The van der Waals surface area contributed by atoms with Crippen LogP contribution < -0.4 is 9.46 Å². The molecule has 1 N–H and O–H groups in total. The lowest BCUT2D eigenvalue weighted by molar-refractivity contribution is -0.387. The van der Waals surface area contributed by atoms with Gasteiger partial charge in [0.25, 0.3) is 21.6 Å². The summed E-state index contributed by atoms with van der Waals surface area (Å²) in [6.45, 7) is 2.90. The van der Waals surface area contributed by atoms with Gasteiger partial charge in [-0.3, -0.25) is 19.6 Å². The fourth-order valence-electron chi connectivity index (χ4n) is 3.26. The largest absolute Gasteiger partial charge is 0.497 e. The minimum atomic E-state index is -4.33. The van der Waals surface area contributed by atoms with Gasteiger partial charge >= 0.3 is 0 Å². The Morgan fingerprint density at radius 3 is 2.52 bits per heavy atom. The lowest BCUT2D eigenvalue weighted by Gasteiger charge is -2.20. The Balaban J connectivity index is 2.04. The van der Waals surface area contributed by atoms with Crippen LogP contribution in [0.1, 0.15) is 28.8 Å². The van der Waals surface area contributed by atoms with Crippen molar-refractivity contribution < 1.29 is 22.9 Å². The topological polar surface area (TPSA) is 119 Å². The minimum absolute atomic E-state index is 0.120. The summed E-state index contributed by atoms with van der Waals surface area (Å²) in [6, 6.07) is 8.37. The summed E-state index contributed by atoms with van der Waals surface area (Å²) in [5.41, 5.74) is 0.258. The monoisotopic (exact) mass is 419 g/mol. The van der Waals surface area contributed by atoms with E-state index in [0.717, 1.165) is 25.0 Å². The Labute approximate surface area is 168 Å². The van der Waals surface area contributed by atoms with Crippen LogP contribution in [0.25, 0.3) is 0 Å². The number of hydrogen-bond donors (Lipinski definition) is 1. The van der Waals surface area contributed by atoms with Gasteiger partial charge in [0, 0.05) is 13.1 Å². The molecule has 0 aromatic heterocycles. The molecule has 1 fully saturated rings. The number of carbonyl (C=O) groups excluding carboxylic acids is 1. The van der Waals surface area contributed by atoms with Gasteiger partial charge < -0.3 is 9.64 Å². The van der Waals surface area contributed by atoms with Crippen LogP contribution in [0.15, 0.2) is 41.3 Å². The summed E-state index contributed by atoms with van der Waals surface area (Å²) in [4.78, 5) is 24.6. The van der Waals surface area contributed by atoms with Crippen molar-refractivity contribution in [3.05, 3.63) is 57.6 Å². The lowest BCUT2D eigenvalue weighted by atomic mass is 10.1. The molecule has 1 aliphatic heterocycles. The molecule has 0 saturated carbocycles. The number of nitro benzene ring substituents is 1. The zero-order valence-corrected chi connectivity index (χ0v) is 16.9. The van der Waals surface area contributed by atoms with E-state index < -0.39 is 25.5 Å². The van der Waals surface area contributed by atoms with Crippen molar-refractivity contribution in [3.63, 3.8) is 0 Å². The third kappa shape index (κ3) is 4.16. The van der Waals surface area contributed by atoms with Crippen LogP contribution in [0.4, 0.5) is 11.4 Å². The highest BCUT2D eigenvalue weighted by atomic mass is 32.2. The molecule has 1 amide bonds. The second-order valence-corrected chi connectivity index (χ2v) is 8.34. The molecule has 0 unspecified atom stereocenters.